The maximum absolute atomic E-state index is 11.7. The number of H-pyrrole nitrogens is 1. The second kappa shape index (κ2) is 7.69. The minimum absolute atomic E-state index is 0.0826. The molecule has 1 aromatic heterocycles. The van der Waals surface area contributed by atoms with E-state index in [0.29, 0.717) is 11.9 Å². The van der Waals surface area contributed by atoms with Gasteiger partial charge in [-0.25, -0.2) is 4.98 Å². The lowest BCUT2D eigenvalue weighted by Crippen LogP contribution is -2.45. The zero-order chi connectivity index (χ0) is 17.9. The predicted molar refractivity (Wildman–Crippen MR) is 99.8 cm³/mol. The van der Waals surface area contributed by atoms with E-state index < -0.39 is 0 Å². The van der Waals surface area contributed by atoms with Crippen molar-refractivity contribution < 1.29 is 9.47 Å². The predicted octanol–water partition coefficient (Wildman–Crippen LogP) is 1.54. The maximum atomic E-state index is 11.7. The van der Waals surface area contributed by atoms with Gasteiger partial charge in [0.1, 0.15) is 0 Å². The Morgan fingerprint density at radius 3 is 2.58 bits per heavy atom. The second-order valence-electron chi connectivity index (χ2n) is 6.49. The van der Waals surface area contributed by atoms with Gasteiger partial charge in [-0.2, -0.15) is 0 Å². The van der Waals surface area contributed by atoms with Gasteiger partial charge in [0.15, 0.2) is 16.7 Å². The van der Waals surface area contributed by atoms with E-state index in [9.17, 15) is 4.79 Å². The van der Waals surface area contributed by atoms with Gasteiger partial charge in [0, 0.05) is 45.3 Å². The third-order valence-electron chi connectivity index (χ3n) is 4.66. The highest BCUT2D eigenvalue weighted by atomic mass is 32.2. The smallest absolute Gasteiger partial charge is 0.251 e. The average Bonchev–Trinajstić information content (AvgIpc) is 3.10. The lowest BCUT2D eigenvalue weighted by atomic mass is 10.1. The minimum Gasteiger partial charge on any atom is -0.454 e. The Hall–Kier alpha value is -2.03. The first-order valence-corrected chi connectivity index (χ1v) is 9.89. The summed E-state index contributed by atoms with van der Waals surface area (Å²) in [5, 5.41) is 0.675. The van der Waals surface area contributed by atoms with Crippen LogP contribution in [0.15, 0.2) is 34.2 Å². The van der Waals surface area contributed by atoms with Crippen molar-refractivity contribution in [3.63, 3.8) is 0 Å². The van der Waals surface area contributed by atoms with Gasteiger partial charge in [-0.1, -0.05) is 17.8 Å². The van der Waals surface area contributed by atoms with E-state index in [2.05, 4.69) is 31.9 Å². The fourth-order valence-electron chi connectivity index (χ4n) is 3.29. The minimum atomic E-state index is -0.0826. The summed E-state index contributed by atoms with van der Waals surface area (Å²) in [6.45, 7) is 5.85. The number of hydrogen-bond acceptors (Lipinski definition) is 7. The van der Waals surface area contributed by atoms with Crippen LogP contribution >= 0.6 is 11.8 Å². The Morgan fingerprint density at radius 2 is 1.81 bits per heavy atom. The molecule has 0 saturated carbocycles. The number of aromatic nitrogens is 2. The number of thioether (sulfide) groups is 1. The van der Waals surface area contributed by atoms with E-state index in [4.69, 9.17) is 9.47 Å². The molecule has 4 rings (SSSR count). The summed E-state index contributed by atoms with van der Waals surface area (Å²) in [5.74, 6) is 1.67. The molecule has 0 bridgehead atoms. The van der Waals surface area contributed by atoms with E-state index in [-0.39, 0.29) is 5.56 Å². The maximum Gasteiger partial charge on any atom is 0.251 e. The van der Waals surface area contributed by atoms with Crippen LogP contribution in [0.1, 0.15) is 11.3 Å². The first-order chi connectivity index (χ1) is 12.7. The molecule has 2 aliphatic heterocycles. The first-order valence-electron chi connectivity index (χ1n) is 8.67. The number of piperazine rings is 1. The van der Waals surface area contributed by atoms with Crippen LogP contribution in [0.2, 0.25) is 0 Å². The van der Waals surface area contributed by atoms with Crippen molar-refractivity contribution in [2.75, 3.05) is 39.2 Å². The van der Waals surface area contributed by atoms with Crippen molar-refractivity contribution >= 4 is 11.8 Å². The number of nitrogens with zero attached hydrogens (tertiary/aromatic N) is 3. The summed E-state index contributed by atoms with van der Waals surface area (Å²) in [7, 11) is 0. The molecule has 8 heteroatoms. The molecular weight excluding hydrogens is 352 g/mol. The van der Waals surface area contributed by atoms with Gasteiger partial charge < -0.3 is 14.5 Å². The van der Waals surface area contributed by atoms with Crippen molar-refractivity contribution in [2.45, 2.75) is 18.2 Å². The normalized spacial score (nSPS) is 17.6. The Bertz CT molecular complexity index is 833. The summed E-state index contributed by atoms with van der Waals surface area (Å²) in [4.78, 5) is 23.7. The summed E-state index contributed by atoms with van der Waals surface area (Å²) in [6, 6.07) is 7.75. The van der Waals surface area contributed by atoms with Gasteiger partial charge in [-0.3, -0.25) is 14.6 Å². The highest BCUT2D eigenvalue weighted by Gasteiger charge is 2.19. The Morgan fingerprint density at radius 1 is 1.08 bits per heavy atom. The Kier molecular flexibility index (Phi) is 5.14. The molecule has 1 fully saturated rings. The quantitative estimate of drug-likeness (QED) is 0.629. The van der Waals surface area contributed by atoms with Crippen molar-refractivity contribution in [1.29, 1.82) is 0 Å². The second-order valence-corrected chi connectivity index (χ2v) is 7.28. The number of fused-ring (bicyclic) bond motifs is 1. The molecule has 0 unspecified atom stereocenters. The number of rotatable bonds is 5. The zero-order valence-corrected chi connectivity index (χ0v) is 15.6. The van der Waals surface area contributed by atoms with Gasteiger partial charge in [-0.15, -0.1) is 0 Å². The van der Waals surface area contributed by atoms with E-state index in [1.165, 1.54) is 17.3 Å². The van der Waals surface area contributed by atoms with Crippen LogP contribution in [0, 0.1) is 0 Å². The van der Waals surface area contributed by atoms with Gasteiger partial charge in [0.05, 0.1) is 5.69 Å². The van der Waals surface area contributed by atoms with Crippen LogP contribution in [-0.4, -0.2) is 59.0 Å². The van der Waals surface area contributed by atoms with Gasteiger partial charge >= 0.3 is 0 Å². The summed E-state index contributed by atoms with van der Waals surface area (Å²) < 4.78 is 10.8. The number of nitrogens with one attached hydrogen (secondary N) is 1. The molecule has 7 nitrogen and oxygen atoms in total. The van der Waals surface area contributed by atoms with E-state index in [1.807, 2.05) is 12.3 Å². The highest BCUT2D eigenvalue weighted by molar-refractivity contribution is 7.98. The molecule has 0 radical (unpaired) electrons. The summed E-state index contributed by atoms with van der Waals surface area (Å²) >= 11 is 1.46. The van der Waals surface area contributed by atoms with Crippen molar-refractivity contribution in [2.24, 2.45) is 0 Å². The molecule has 138 valence electrons. The van der Waals surface area contributed by atoms with Crippen molar-refractivity contribution in [3.8, 4) is 11.5 Å². The molecular formula is C18H22N4O3S. The molecule has 3 heterocycles. The largest absolute Gasteiger partial charge is 0.454 e. The zero-order valence-electron chi connectivity index (χ0n) is 14.7. The molecule has 0 aliphatic carbocycles. The fourth-order valence-corrected chi connectivity index (χ4v) is 3.70. The number of hydrogen-bond donors (Lipinski definition) is 1. The SMILES string of the molecule is CSc1nc(CN2CCN(Cc3ccc4c(c3)OCO4)CC2)cc(=O)[nH]1. The fraction of sp³-hybridized carbons (Fsp3) is 0.444. The van der Waals surface area contributed by atoms with Crippen LogP contribution in [-0.2, 0) is 13.1 Å². The third kappa shape index (κ3) is 4.03. The van der Waals surface area contributed by atoms with Gasteiger partial charge in [0.2, 0.25) is 6.79 Å². The molecule has 2 aromatic rings. The van der Waals surface area contributed by atoms with Crippen LogP contribution < -0.4 is 15.0 Å². The van der Waals surface area contributed by atoms with Crippen LogP contribution in [0.4, 0.5) is 0 Å². The molecule has 2 aliphatic rings. The lowest BCUT2D eigenvalue weighted by Gasteiger charge is -2.34. The molecule has 1 N–H and O–H groups in total. The topological polar surface area (TPSA) is 70.7 Å². The standard InChI is InChI=1S/C18H22N4O3S/c1-26-18-19-14(9-17(23)20-18)11-22-6-4-21(5-7-22)10-13-2-3-15-16(8-13)25-12-24-15/h2-3,8-9H,4-7,10-12H2,1H3,(H,19,20,23). The molecule has 1 aromatic carbocycles. The highest BCUT2D eigenvalue weighted by Crippen LogP contribution is 2.32. The molecule has 26 heavy (non-hydrogen) atoms. The van der Waals surface area contributed by atoms with Crippen LogP contribution in [0.25, 0.3) is 0 Å². The van der Waals surface area contributed by atoms with E-state index >= 15 is 0 Å². The molecule has 1 saturated heterocycles. The summed E-state index contributed by atoms with van der Waals surface area (Å²) in [5.41, 5.74) is 1.99. The van der Waals surface area contributed by atoms with E-state index in [1.54, 1.807) is 6.07 Å². The number of ether oxygens (including phenoxy) is 2. The third-order valence-corrected chi connectivity index (χ3v) is 5.24. The van der Waals surface area contributed by atoms with Crippen LogP contribution in [0.5, 0.6) is 11.5 Å². The molecule has 0 amide bonds. The van der Waals surface area contributed by atoms with E-state index in [0.717, 1.165) is 56.5 Å². The van der Waals surface area contributed by atoms with Crippen molar-refractivity contribution in [1.82, 2.24) is 19.8 Å². The van der Waals surface area contributed by atoms with Crippen molar-refractivity contribution in [3.05, 3.63) is 45.9 Å². The lowest BCUT2D eigenvalue weighted by molar-refractivity contribution is 0.120. The first kappa shape index (κ1) is 17.4. The Labute approximate surface area is 156 Å². The summed E-state index contributed by atoms with van der Waals surface area (Å²) in [6.07, 6.45) is 1.91. The molecule has 0 spiro atoms. The van der Waals surface area contributed by atoms with Crippen LogP contribution in [0.3, 0.4) is 0 Å². The van der Waals surface area contributed by atoms with Gasteiger partial charge in [0.25, 0.3) is 5.56 Å². The number of benzene rings is 1. The number of aromatic amines is 1. The van der Waals surface area contributed by atoms with Gasteiger partial charge in [-0.05, 0) is 24.0 Å². The average molecular weight is 374 g/mol. The Balaban J connectivity index is 1.31. The molecule has 0 atom stereocenters. The monoisotopic (exact) mass is 374 g/mol.